The molecule has 3 aromatic heterocycles. The predicted octanol–water partition coefficient (Wildman–Crippen LogP) is 3.93. The molecule has 0 fully saturated rings. The van der Waals surface area contributed by atoms with E-state index in [4.69, 9.17) is 21.1 Å². The fourth-order valence-corrected chi connectivity index (χ4v) is 3.85. The topological polar surface area (TPSA) is 94.9 Å². The molecule has 0 aliphatic carbocycles. The van der Waals surface area contributed by atoms with Crippen molar-refractivity contribution in [2.75, 3.05) is 6.61 Å². The lowest BCUT2D eigenvalue weighted by Gasteiger charge is -2.19. The summed E-state index contributed by atoms with van der Waals surface area (Å²) in [7, 11) is 0. The molecule has 5 rings (SSSR count). The number of imidazole rings is 1. The Labute approximate surface area is 176 Å². The number of pyridine rings is 1. The van der Waals surface area contributed by atoms with Gasteiger partial charge in [-0.05, 0) is 25.1 Å². The van der Waals surface area contributed by atoms with Crippen molar-refractivity contribution < 1.29 is 9.47 Å². The van der Waals surface area contributed by atoms with Gasteiger partial charge in [0.15, 0.2) is 5.65 Å². The summed E-state index contributed by atoms with van der Waals surface area (Å²) in [6.07, 6.45) is 3.10. The smallest absolute Gasteiger partial charge is 0.332 e. The number of ether oxygens (including phenoxy) is 2. The van der Waals surface area contributed by atoms with E-state index >= 15 is 0 Å². The first-order chi connectivity index (χ1) is 14.3. The van der Waals surface area contributed by atoms with Gasteiger partial charge in [0.25, 0.3) is 0 Å². The third kappa shape index (κ3) is 2.91. The van der Waals surface area contributed by atoms with E-state index < -0.39 is 0 Å². The average Bonchev–Trinajstić information content (AvgIpc) is 3.19. The molecule has 152 valence electrons. The van der Waals surface area contributed by atoms with Crippen molar-refractivity contribution in [2.45, 2.75) is 26.2 Å². The Hall–Kier alpha value is -3.39. The van der Waals surface area contributed by atoms with Crippen molar-refractivity contribution in [2.24, 2.45) is 0 Å². The molecule has 0 atom stereocenters. The number of benzene rings is 1. The maximum atomic E-state index is 12.5. The van der Waals surface area contributed by atoms with Crippen LogP contribution in [0.3, 0.4) is 0 Å². The molecule has 0 amide bonds. The van der Waals surface area contributed by atoms with Gasteiger partial charge < -0.3 is 14.5 Å². The number of rotatable bonds is 3. The summed E-state index contributed by atoms with van der Waals surface area (Å²) in [4.78, 5) is 28.0. The van der Waals surface area contributed by atoms with Crippen molar-refractivity contribution in [3.8, 4) is 23.1 Å². The summed E-state index contributed by atoms with van der Waals surface area (Å²) in [6, 6.07) is 7.28. The van der Waals surface area contributed by atoms with Gasteiger partial charge in [0, 0.05) is 11.0 Å². The highest BCUT2D eigenvalue weighted by atomic mass is 35.5. The van der Waals surface area contributed by atoms with Crippen molar-refractivity contribution >= 4 is 22.8 Å². The Bertz CT molecular complexity index is 1360. The summed E-state index contributed by atoms with van der Waals surface area (Å²) in [5.41, 5.74) is 1.91. The zero-order valence-corrected chi connectivity index (χ0v) is 17.3. The Morgan fingerprint density at radius 2 is 2.10 bits per heavy atom. The summed E-state index contributed by atoms with van der Waals surface area (Å²) in [6.45, 7) is 6.52. The van der Waals surface area contributed by atoms with Crippen LogP contribution in [0.5, 0.6) is 17.4 Å². The number of aryl methyl sites for hydroxylation is 1. The lowest BCUT2D eigenvalue weighted by Crippen LogP contribution is -2.19. The molecule has 0 spiro atoms. The first-order valence-electron chi connectivity index (χ1n) is 9.38. The minimum atomic E-state index is -0.351. The molecular formula is C21H18ClN5O3. The van der Waals surface area contributed by atoms with Crippen LogP contribution in [0.2, 0.25) is 5.02 Å². The lowest BCUT2D eigenvalue weighted by molar-refractivity contribution is 0.290. The van der Waals surface area contributed by atoms with Gasteiger partial charge in [-0.1, -0.05) is 31.5 Å². The molecule has 0 saturated carbocycles. The molecule has 1 aromatic carbocycles. The average molecular weight is 424 g/mol. The second-order valence-electron chi connectivity index (χ2n) is 7.80. The number of fused-ring (bicyclic) bond motifs is 2. The second-order valence-corrected chi connectivity index (χ2v) is 8.21. The van der Waals surface area contributed by atoms with Crippen LogP contribution in [0.15, 0.2) is 41.5 Å². The number of aromatic nitrogens is 5. The van der Waals surface area contributed by atoms with E-state index in [0.29, 0.717) is 35.0 Å². The Balaban J connectivity index is 1.55. The molecule has 0 radical (unpaired) electrons. The van der Waals surface area contributed by atoms with E-state index in [2.05, 4.69) is 33.8 Å². The Morgan fingerprint density at radius 3 is 2.90 bits per heavy atom. The maximum Gasteiger partial charge on any atom is 0.332 e. The van der Waals surface area contributed by atoms with Crippen LogP contribution in [0.25, 0.3) is 16.9 Å². The number of nitrogens with one attached hydrogen (secondary N) is 1. The highest BCUT2D eigenvalue weighted by Gasteiger charge is 2.35. The molecule has 0 saturated heterocycles. The first-order valence-corrected chi connectivity index (χ1v) is 9.76. The fourth-order valence-electron chi connectivity index (χ4n) is 3.65. The fraction of sp³-hybridized carbons (Fsp3) is 0.238. The van der Waals surface area contributed by atoms with Gasteiger partial charge in [0.1, 0.15) is 27.9 Å². The van der Waals surface area contributed by atoms with E-state index in [1.807, 2.05) is 18.2 Å². The van der Waals surface area contributed by atoms with Crippen molar-refractivity contribution in [3.63, 3.8) is 0 Å². The van der Waals surface area contributed by atoms with Crippen LogP contribution in [-0.2, 0) is 5.41 Å². The lowest BCUT2D eigenvalue weighted by atomic mass is 9.86. The SMILES string of the molecule is Cc1ncc2[nH]c(=O)n(-c3cnc(Oc4cccc5c4C(C)(C)CO5)c(Cl)c3)c2n1. The molecular weight excluding hydrogens is 406 g/mol. The minimum absolute atomic E-state index is 0.187. The molecule has 1 aliphatic rings. The molecule has 0 unspecified atom stereocenters. The van der Waals surface area contributed by atoms with E-state index in [9.17, 15) is 4.79 Å². The predicted molar refractivity (Wildman–Crippen MR) is 112 cm³/mol. The number of hydrogen-bond donors (Lipinski definition) is 1. The minimum Gasteiger partial charge on any atom is -0.492 e. The molecule has 9 heteroatoms. The van der Waals surface area contributed by atoms with Crippen LogP contribution in [0.4, 0.5) is 0 Å². The monoisotopic (exact) mass is 423 g/mol. The molecule has 1 N–H and O–H groups in total. The van der Waals surface area contributed by atoms with E-state index in [0.717, 1.165) is 11.3 Å². The summed E-state index contributed by atoms with van der Waals surface area (Å²) in [5.74, 6) is 2.24. The normalized spacial score (nSPS) is 14.5. The zero-order valence-electron chi connectivity index (χ0n) is 16.6. The van der Waals surface area contributed by atoms with Gasteiger partial charge in [-0.2, -0.15) is 0 Å². The second kappa shape index (κ2) is 6.56. The molecule has 1 aliphatic heterocycles. The van der Waals surface area contributed by atoms with Gasteiger partial charge in [-0.25, -0.2) is 24.3 Å². The zero-order chi connectivity index (χ0) is 21.0. The summed E-state index contributed by atoms with van der Waals surface area (Å²) < 4.78 is 13.2. The highest BCUT2D eigenvalue weighted by molar-refractivity contribution is 6.32. The number of aromatic amines is 1. The highest BCUT2D eigenvalue weighted by Crippen LogP contribution is 2.45. The van der Waals surface area contributed by atoms with Crippen LogP contribution >= 0.6 is 11.6 Å². The molecule has 30 heavy (non-hydrogen) atoms. The summed E-state index contributed by atoms with van der Waals surface area (Å²) >= 11 is 6.48. The molecule has 4 aromatic rings. The van der Waals surface area contributed by atoms with Crippen molar-refractivity contribution in [3.05, 3.63) is 63.6 Å². The standard InChI is InChI=1S/C21H18ClN5O3/c1-11-23-9-14-18(25-11)27(20(28)26-14)12-7-13(22)19(24-8-12)30-16-6-4-5-15-17(16)21(2,3)10-29-15/h4-9H,10H2,1-3H3,(H,26,28). The van der Waals surface area contributed by atoms with Gasteiger partial charge in [-0.3, -0.25) is 0 Å². The van der Waals surface area contributed by atoms with Crippen LogP contribution in [-0.4, -0.2) is 31.1 Å². The molecule has 0 bridgehead atoms. The van der Waals surface area contributed by atoms with Crippen molar-refractivity contribution in [1.82, 2.24) is 24.5 Å². The number of halogens is 1. The number of nitrogens with zero attached hydrogens (tertiary/aromatic N) is 4. The van der Waals surface area contributed by atoms with E-state index in [1.165, 1.54) is 10.8 Å². The van der Waals surface area contributed by atoms with Gasteiger partial charge in [0.05, 0.1) is 24.7 Å². The Kier molecular flexibility index (Phi) is 4.08. The third-order valence-electron chi connectivity index (χ3n) is 5.06. The Morgan fingerprint density at radius 1 is 1.27 bits per heavy atom. The molecule has 8 nitrogen and oxygen atoms in total. The quantitative estimate of drug-likeness (QED) is 0.536. The molecule has 4 heterocycles. The van der Waals surface area contributed by atoms with Crippen LogP contribution in [0.1, 0.15) is 25.2 Å². The van der Waals surface area contributed by atoms with Gasteiger partial charge >= 0.3 is 5.69 Å². The van der Waals surface area contributed by atoms with Crippen LogP contribution in [0, 0.1) is 6.92 Å². The van der Waals surface area contributed by atoms with Gasteiger partial charge in [0.2, 0.25) is 5.88 Å². The van der Waals surface area contributed by atoms with E-state index in [1.54, 1.807) is 19.2 Å². The van der Waals surface area contributed by atoms with Crippen LogP contribution < -0.4 is 15.2 Å². The number of H-pyrrole nitrogens is 1. The van der Waals surface area contributed by atoms with E-state index in [-0.39, 0.29) is 22.0 Å². The number of hydrogen-bond acceptors (Lipinski definition) is 6. The largest absolute Gasteiger partial charge is 0.492 e. The van der Waals surface area contributed by atoms with Gasteiger partial charge in [-0.15, -0.1) is 0 Å². The maximum absolute atomic E-state index is 12.5. The summed E-state index contributed by atoms with van der Waals surface area (Å²) in [5, 5.41) is 0.272. The third-order valence-corrected chi connectivity index (χ3v) is 5.33. The van der Waals surface area contributed by atoms with Crippen molar-refractivity contribution in [1.29, 1.82) is 0 Å². The first kappa shape index (κ1) is 18.6.